The highest BCUT2D eigenvalue weighted by molar-refractivity contribution is 9.10. The molecule has 0 unspecified atom stereocenters. The Hall–Kier alpha value is -2.73. The normalized spacial score (nSPS) is 14.2. The van der Waals surface area contributed by atoms with Crippen LogP contribution in [0.1, 0.15) is 29.5 Å². The first-order valence-electron chi connectivity index (χ1n) is 9.87. The van der Waals surface area contributed by atoms with E-state index in [9.17, 15) is 0 Å². The summed E-state index contributed by atoms with van der Waals surface area (Å²) in [5.41, 5.74) is 3.20. The molecule has 7 nitrogen and oxygen atoms in total. The molecule has 1 aliphatic heterocycles. The SMILES string of the molecule is N#Cc1ccc(COCC2CCN(Cc3ccc(Br)cc3)CC2)cc1.O=C(O)C(=O)O. The number of rotatable bonds is 6. The van der Waals surface area contributed by atoms with Crippen LogP contribution in [0.3, 0.4) is 0 Å². The van der Waals surface area contributed by atoms with E-state index in [0.29, 0.717) is 18.1 Å². The monoisotopic (exact) mass is 488 g/mol. The molecule has 0 aromatic heterocycles. The number of carboxylic acids is 2. The van der Waals surface area contributed by atoms with E-state index >= 15 is 0 Å². The van der Waals surface area contributed by atoms with Crippen molar-refractivity contribution in [2.24, 2.45) is 5.92 Å². The van der Waals surface area contributed by atoms with E-state index in [2.05, 4.69) is 51.2 Å². The summed E-state index contributed by atoms with van der Waals surface area (Å²) in [4.78, 5) is 20.7. The summed E-state index contributed by atoms with van der Waals surface area (Å²) < 4.78 is 7.03. The molecule has 0 saturated carbocycles. The predicted octanol–water partition coefficient (Wildman–Crippen LogP) is 3.91. The number of carbonyl (C=O) groups is 2. The van der Waals surface area contributed by atoms with Crippen LogP contribution in [-0.4, -0.2) is 46.7 Å². The summed E-state index contributed by atoms with van der Waals surface area (Å²) in [5.74, 6) is -3.00. The van der Waals surface area contributed by atoms with E-state index in [4.69, 9.17) is 29.8 Å². The van der Waals surface area contributed by atoms with Crippen LogP contribution < -0.4 is 0 Å². The number of benzene rings is 2. The zero-order valence-electron chi connectivity index (χ0n) is 17.0. The summed E-state index contributed by atoms with van der Waals surface area (Å²) >= 11 is 3.48. The van der Waals surface area contributed by atoms with Crippen LogP contribution >= 0.6 is 15.9 Å². The van der Waals surface area contributed by atoms with Gasteiger partial charge < -0.3 is 14.9 Å². The number of carboxylic acid groups (broad SMARTS) is 2. The second kappa shape index (κ2) is 12.8. The third-order valence-electron chi connectivity index (χ3n) is 4.91. The lowest BCUT2D eigenvalue weighted by molar-refractivity contribution is -0.159. The maximum absolute atomic E-state index is 9.10. The molecule has 0 atom stereocenters. The second-order valence-corrected chi connectivity index (χ2v) is 8.20. The number of nitriles is 1. The lowest BCUT2D eigenvalue weighted by Gasteiger charge is -2.31. The van der Waals surface area contributed by atoms with E-state index in [1.165, 1.54) is 18.4 Å². The number of hydrogen-bond acceptors (Lipinski definition) is 5. The molecule has 0 spiro atoms. The Morgan fingerprint density at radius 2 is 1.55 bits per heavy atom. The molecular formula is C23H25BrN2O5. The Labute approximate surface area is 190 Å². The predicted molar refractivity (Wildman–Crippen MR) is 118 cm³/mol. The molecule has 0 amide bonds. The maximum atomic E-state index is 9.10. The molecule has 3 rings (SSSR count). The van der Waals surface area contributed by atoms with Crippen molar-refractivity contribution in [3.8, 4) is 6.07 Å². The first kappa shape index (κ1) is 24.5. The fourth-order valence-corrected chi connectivity index (χ4v) is 3.44. The number of hydrogen-bond donors (Lipinski definition) is 2. The van der Waals surface area contributed by atoms with Crippen molar-refractivity contribution in [1.29, 1.82) is 5.26 Å². The summed E-state index contributed by atoms with van der Waals surface area (Å²) in [7, 11) is 0. The largest absolute Gasteiger partial charge is 0.473 e. The zero-order valence-corrected chi connectivity index (χ0v) is 18.6. The van der Waals surface area contributed by atoms with Gasteiger partial charge in [0.05, 0.1) is 18.2 Å². The second-order valence-electron chi connectivity index (χ2n) is 7.28. The Morgan fingerprint density at radius 3 is 2.06 bits per heavy atom. The van der Waals surface area contributed by atoms with Gasteiger partial charge in [-0.25, -0.2) is 9.59 Å². The molecule has 2 aromatic carbocycles. The van der Waals surface area contributed by atoms with Gasteiger partial charge in [0, 0.05) is 17.6 Å². The van der Waals surface area contributed by atoms with Crippen LogP contribution in [0.15, 0.2) is 53.0 Å². The summed E-state index contributed by atoms with van der Waals surface area (Å²) in [6.45, 7) is 4.77. The average Bonchev–Trinajstić information content (AvgIpc) is 2.77. The molecule has 0 bridgehead atoms. The quantitative estimate of drug-likeness (QED) is 0.592. The van der Waals surface area contributed by atoms with Gasteiger partial charge in [-0.15, -0.1) is 0 Å². The van der Waals surface area contributed by atoms with E-state index in [0.717, 1.165) is 36.3 Å². The summed E-state index contributed by atoms with van der Waals surface area (Å²) in [6, 6.07) is 18.4. The number of halogens is 1. The molecule has 8 heteroatoms. The molecule has 0 radical (unpaired) electrons. The fourth-order valence-electron chi connectivity index (χ4n) is 3.18. The highest BCUT2D eigenvalue weighted by Gasteiger charge is 2.19. The van der Waals surface area contributed by atoms with Crippen molar-refractivity contribution in [2.45, 2.75) is 26.0 Å². The molecule has 1 saturated heterocycles. The van der Waals surface area contributed by atoms with Crippen molar-refractivity contribution in [3.05, 3.63) is 69.7 Å². The summed E-state index contributed by atoms with van der Waals surface area (Å²) in [6.07, 6.45) is 2.40. The zero-order chi connectivity index (χ0) is 22.6. The first-order valence-corrected chi connectivity index (χ1v) is 10.7. The molecule has 1 fully saturated rings. The topological polar surface area (TPSA) is 111 Å². The minimum Gasteiger partial charge on any atom is -0.473 e. The maximum Gasteiger partial charge on any atom is 0.414 e. The molecule has 1 aliphatic rings. The Bertz CT molecular complexity index is 874. The lowest BCUT2D eigenvalue weighted by Crippen LogP contribution is -2.34. The third-order valence-corrected chi connectivity index (χ3v) is 5.44. The molecule has 2 N–H and O–H groups in total. The van der Waals surface area contributed by atoms with Crippen molar-refractivity contribution in [3.63, 3.8) is 0 Å². The van der Waals surface area contributed by atoms with Gasteiger partial charge in [0.2, 0.25) is 0 Å². The minimum atomic E-state index is -1.82. The van der Waals surface area contributed by atoms with Crippen LogP contribution in [0.25, 0.3) is 0 Å². The summed E-state index contributed by atoms with van der Waals surface area (Å²) in [5, 5.41) is 23.6. The smallest absolute Gasteiger partial charge is 0.414 e. The molecule has 31 heavy (non-hydrogen) atoms. The van der Waals surface area contributed by atoms with Gasteiger partial charge in [0.1, 0.15) is 0 Å². The van der Waals surface area contributed by atoms with Gasteiger partial charge in [0.25, 0.3) is 0 Å². The van der Waals surface area contributed by atoms with E-state index in [1.807, 2.05) is 24.3 Å². The van der Waals surface area contributed by atoms with Crippen molar-refractivity contribution < 1.29 is 24.5 Å². The molecule has 0 aliphatic carbocycles. The number of likely N-dealkylation sites (tertiary alicyclic amines) is 1. The lowest BCUT2D eigenvalue weighted by atomic mass is 9.97. The Balaban J connectivity index is 0.000000501. The Kier molecular flexibility index (Phi) is 10.2. The van der Waals surface area contributed by atoms with Gasteiger partial charge >= 0.3 is 11.9 Å². The third kappa shape index (κ3) is 9.30. The number of nitrogens with zero attached hydrogens (tertiary/aromatic N) is 2. The number of ether oxygens (including phenoxy) is 1. The van der Waals surface area contributed by atoms with Crippen LogP contribution in [0.5, 0.6) is 0 Å². The Morgan fingerprint density at radius 1 is 1.00 bits per heavy atom. The van der Waals surface area contributed by atoms with Crippen molar-refractivity contribution >= 4 is 27.9 Å². The molecule has 2 aromatic rings. The van der Waals surface area contributed by atoms with Crippen LogP contribution in [0.2, 0.25) is 0 Å². The van der Waals surface area contributed by atoms with Crippen LogP contribution in [0, 0.1) is 17.2 Å². The van der Waals surface area contributed by atoms with E-state index < -0.39 is 11.9 Å². The van der Waals surface area contributed by atoms with Crippen LogP contribution in [-0.2, 0) is 27.5 Å². The van der Waals surface area contributed by atoms with Crippen molar-refractivity contribution in [2.75, 3.05) is 19.7 Å². The van der Waals surface area contributed by atoms with Gasteiger partial charge in [-0.3, -0.25) is 4.90 Å². The van der Waals surface area contributed by atoms with Crippen molar-refractivity contribution in [1.82, 2.24) is 4.90 Å². The first-order chi connectivity index (χ1) is 14.9. The highest BCUT2D eigenvalue weighted by Crippen LogP contribution is 2.20. The standard InChI is InChI=1S/C21H23BrN2O.C2H2O4/c22-21-7-5-18(6-8-21)14-24-11-9-20(10-12-24)16-25-15-19-3-1-17(13-23)2-4-19;3-1(4)2(5)6/h1-8,20H,9-12,14-16H2;(H,3,4)(H,5,6). The average molecular weight is 489 g/mol. The minimum absolute atomic E-state index is 0.630. The van der Waals surface area contributed by atoms with Gasteiger partial charge in [0.15, 0.2) is 0 Å². The van der Waals surface area contributed by atoms with Gasteiger partial charge in [-0.1, -0.05) is 40.2 Å². The molecule has 164 valence electrons. The van der Waals surface area contributed by atoms with E-state index in [-0.39, 0.29) is 0 Å². The number of piperidine rings is 1. The highest BCUT2D eigenvalue weighted by atomic mass is 79.9. The van der Waals surface area contributed by atoms with E-state index in [1.54, 1.807) is 0 Å². The van der Waals surface area contributed by atoms with Gasteiger partial charge in [-0.2, -0.15) is 5.26 Å². The van der Waals surface area contributed by atoms with Gasteiger partial charge in [-0.05, 0) is 67.2 Å². The fraction of sp³-hybridized carbons (Fsp3) is 0.348. The number of aliphatic carboxylic acids is 2. The molecular weight excluding hydrogens is 464 g/mol. The molecule has 1 heterocycles. The van der Waals surface area contributed by atoms with Crippen LogP contribution in [0.4, 0.5) is 0 Å².